The van der Waals surface area contributed by atoms with Crippen LogP contribution in [0.5, 0.6) is 0 Å². The summed E-state index contributed by atoms with van der Waals surface area (Å²) in [6, 6.07) is 0. The fourth-order valence-electron chi connectivity index (χ4n) is 1.10. The molecule has 1 aliphatic rings. The van der Waals surface area contributed by atoms with Gasteiger partial charge in [0.05, 0.1) is 6.61 Å². The molecule has 56 valence electrons. The average molecular weight is 140 g/mol. The molecular weight excluding hydrogens is 128 g/mol. The minimum Gasteiger partial charge on any atom is -0.377 e. The van der Waals surface area contributed by atoms with Crippen molar-refractivity contribution in [3.8, 4) is 12.3 Å². The van der Waals surface area contributed by atoms with Crippen LogP contribution in [0.15, 0.2) is 0 Å². The van der Waals surface area contributed by atoms with E-state index >= 15 is 0 Å². The summed E-state index contributed by atoms with van der Waals surface area (Å²) in [4.78, 5) is 0. The third-order valence-corrected chi connectivity index (χ3v) is 1.86. The highest BCUT2D eigenvalue weighted by atomic mass is 16.5. The van der Waals surface area contributed by atoms with Crippen LogP contribution in [0.2, 0.25) is 0 Å². The Hall–Kier alpha value is -0.520. The van der Waals surface area contributed by atoms with Crippen LogP contribution < -0.4 is 0 Å². The van der Waals surface area contributed by atoms with E-state index in [-0.39, 0.29) is 0 Å². The number of rotatable bonds is 1. The lowest BCUT2D eigenvalue weighted by Crippen LogP contribution is -2.38. The summed E-state index contributed by atoms with van der Waals surface area (Å²) in [5, 5.41) is 0. The second-order valence-corrected chi connectivity index (χ2v) is 2.50. The molecule has 0 bridgehead atoms. The maximum Gasteiger partial charge on any atom is 0.151 e. The molecule has 0 N–H and O–H groups in total. The van der Waals surface area contributed by atoms with Crippen molar-refractivity contribution in [2.75, 3.05) is 20.3 Å². The van der Waals surface area contributed by atoms with Gasteiger partial charge in [-0.3, -0.25) is 0 Å². The summed E-state index contributed by atoms with van der Waals surface area (Å²) < 4.78 is 10.4. The Kier molecular flexibility index (Phi) is 2.31. The first-order chi connectivity index (χ1) is 4.83. The van der Waals surface area contributed by atoms with Gasteiger partial charge in [0.25, 0.3) is 0 Å². The smallest absolute Gasteiger partial charge is 0.151 e. The van der Waals surface area contributed by atoms with E-state index in [2.05, 4.69) is 5.92 Å². The van der Waals surface area contributed by atoms with Crippen LogP contribution in [0.25, 0.3) is 0 Å². The molecule has 0 aromatic carbocycles. The van der Waals surface area contributed by atoms with Gasteiger partial charge in [-0.1, -0.05) is 5.92 Å². The van der Waals surface area contributed by atoms with Gasteiger partial charge in [-0.05, 0) is 12.8 Å². The van der Waals surface area contributed by atoms with Crippen molar-refractivity contribution in [2.24, 2.45) is 0 Å². The molecule has 2 heteroatoms. The lowest BCUT2D eigenvalue weighted by molar-refractivity contribution is -0.0726. The SMILES string of the molecule is C#CC1(OC)CCCOC1. The number of methoxy groups -OCH3 is 1. The molecule has 0 aromatic rings. The van der Waals surface area contributed by atoms with Crippen molar-refractivity contribution in [3.63, 3.8) is 0 Å². The summed E-state index contributed by atoms with van der Waals surface area (Å²) in [6.07, 6.45) is 7.21. The predicted octanol–water partition coefficient (Wildman–Crippen LogP) is 0.815. The van der Waals surface area contributed by atoms with E-state index in [0.29, 0.717) is 6.61 Å². The molecule has 1 saturated heterocycles. The maximum atomic E-state index is 5.29. The lowest BCUT2D eigenvalue weighted by atomic mass is 9.98. The second kappa shape index (κ2) is 3.05. The first-order valence-electron chi connectivity index (χ1n) is 3.44. The quantitative estimate of drug-likeness (QED) is 0.502. The van der Waals surface area contributed by atoms with Crippen LogP contribution in [0.1, 0.15) is 12.8 Å². The Bertz CT molecular complexity index is 140. The minimum atomic E-state index is -0.432. The molecule has 1 unspecified atom stereocenters. The first-order valence-corrected chi connectivity index (χ1v) is 3.44. The van der Waals surface area contributed by atoms with E-state index in [4.69, 9.17) is 15.9 Å². The highest BCUT2D eigenvalue weighted by Crippen LogP contribution is 2.21. The standard InChI is InChI=1S/C8H12O2/c1-3-8(9-2)5-4-6-10-7-8/h1H,4-7H2,2H3. The number of terminal acetylenes is 1. The van der Waals surface area contributed by atoms with Crippen LogP contribution in [-0.4, -0.2) is 25.9 Å². The Balaban J connectivity index is 2.55. The number of hydrogen-bond donors (Lipinski definition) is 0. The van der Waals surface area contributed by atoms with Gasteiger partial charge in [0.2, 0.25) is 0 Å². The van der Waals surface area contributed by atoms with Crippen LogP contribution in [0, 0.1) is 12.3 Å². The fourth-order valence-corrected chi connectivity index (χ4v) is 1.10. The molecule has 10 heavy (non-hydrogen) atoms. The molecule has 0 aliphatic carbocycles. The van der Waals surface area contributed by atoms with Crippen LogP contribution in [-0.2, 0) is 9.47 Å². The molecule has 0 saturated carbocycles. The molecule has 1 aliphatic heterocycles. The molecule has 0 spiro atoms. The number of hydrogen-bond acceptors (Lipinski definition) is 2. The van der Waals surface area contributed by atoms with E-state index in [0.717, 1.165) is 19.4 Å². The topological polar surface area (TPSA) is 18.5 Å². The van der Waals surface area contributed by atoms with E-state index in [1.54, 1.807) is 7.11 Å². The molecule has 1 atom stereocenters. The molecular formula is C8H12O2. The maximum absolute atomic E-state index is 5.29. The van der Waals surface area contributed by atoms with Crippen molar-refractivity contribution in [1.29, 1.82) is 0 Å². The molecule has 0 aromatic heterocycles. The Labute approximate surface area is 61.5 Å². The van der Waals surface area contributed by atoms with Crippen LogP contribution in [0.3, 0.4) is 0 Å². The Morgan fingerprint density at radius 2 is 2.50 bits per heavy atom. The highest BCUT2D eigenvalue weighted by Gasteiger charge is 2.29. The second-order valence-electron chi connectivity index (χ2n) is 2.50. The van der Waals surface area contributed by atoms with Crippen molar-refractivity contribution in [2.45, 2.75) is 18.4 Å². The fraction of sp³-hybridized carbons (Fsp3) is 0.750. The van der Waals surface area contributed by atoms with Crippen molar-refractivity contribution in [1.82, 2.24) is 0 Å². The molecule has 1 heterocycles. The highest BCUT2D eigenvalue weighted by molar-refractivity contribution is 5.09. The molecule has 2 nitrogen and oxygen atoms in total. The van der Waals surface area contributed by atoms with E-state index in [1.165, 1.54) is 0 Å². The van der Waals surface area contributed by atoms with Gasteiger partial charge in [-0.15, -0.1) is 6.42 Å². The van der Waals surface area contributed by atoms with Crippen LogP contribution in [0.4, 0.5) is 0 Å². The summed E-state index contributed by atoms with van der Waals surface area (Å²) in [7, 11) is 1.63. The van der Waals surface area contributed by atoms with Gasteiger partial charge in [-0.2, -0.15) is 0 Å². The molecule has 0 amide bonds. The summed E-state index contributed by atoms with van der Waals surface area (Å²) >= 11 is 0. The molecule has 1 rings (SSSR count). The zero-order valence-corrected chi connectivity index (χ0v) is 6.22. The monoisotopic (exact) mass is 140 g/mol. The Morgan fingerprint density at radius 1 is 1.70 bits per heavy atom. The van der Waals surface area contributed by atoms with Crippen molar-refractivity contribution < 1.29 is 9.47 Å². The largest absolute Gasteiger partial charge is 0.377 e. The van der Waals surface area contributed by atoms with Gasteiger partial charge in [0, 0.05) is 13.7 Å². The summed E-state index contributed by atoms with van der Waals surface area (Å²) in [5.74, 6) is 2.62. The third kappa shape index (κ3) is 1.31. The first kappa shape index (κ1) is 7.59. The van der Waals surface area contributed by atoms with Gasteiger partial charge < -0.3 is 9.47 Å². The van der Waals surface area contributed by atoms with Gasteiger partial charge in [0.15, 0.2) is 5.60 Å². The van der Waals surface area contributed by atoms with Gasteiger partial charge in [0.1, 0.15) is 0 Å². The van der Waals surface area contributed by atoms with Gasteiger partial charge in [-0.25, -0.2) is 0 Å². The number of ether oxygens (including phenoxy) is 2. The summed E-state index contributed by atoms with van der Waals surface area (Å²) in [6.45, 7) is 1.35. The predicted molar refractivity (Wildman–Crippen MR) is 38.6 cm³/mol. The van der Waals surface area contributed by atoms with Gasteiger partial charge >= 0.3 is 0 Å². The average Bonchev–Trinajstić information content (AvgIpc) is 2.06. The van der Waals surface area contributed by atoms with Crippen molar-refractivity contribution >= 4 is 0 Å². The Morgan fingerprint density at radius 3 is 2.80 bits per heavy atom. The normalized spacial score (nSPS) is 33.2. The minimum absolute atomic E-state index is 0.432. The zero-order chi connectivity index (χ0) is 7.45. The zero-order valence-electron chi connectivity index (χ0n) is 6.22. The third-order valence-electron chi connectivity index (χ3n) is 1.86. The van der Waals surface area contributed by atoms with Crippen molar-refractivity contribution in [3.05, 3.63) is 0 Å². The van der Waals surface area contributed by atoms with E-state index in [9.17, 15) is 0 Å². The molecule has 1 fully saturated rings. The molecule has 0 radical (unpaired) electrons. The van der Waals surface area contributed by atoms with Crippen LogP contribution >= 0.6 is 0 Å². The lowest BCUT2D eigenvalue weighted by Gasteiger charge is -2.30. The van der Waals surface area contributed by atoms with E-state index < -0.39 is 5.60 Å². The summed E-state index contributed by atoms with van der Waals surface area (Å²) in [5.41, 5.74) is -0.432. The van der Waals surface area contributed by atoms with E-state index in [1.807, 2.05) is 0 Å².